The van der Waals surface area contributed by atoms with Crippen LogP contribution in [0.25, 0.3) is 95.0 Å². The summed E-state index contributed by atoms with van der Waals surface area (Å²) < 4.78 is 2.22. The molecule has 2 aromatic heterocycles. The first kappa shape index (κ1) is 27.5. The van der Waals surface area contributed by atoms with Crippen molar-refractivity contribution in [3.8, 4) is 73.2 Å². The van der Waals surface area contributed by atoms with Crippen LogP contribution in [0.5, 0.6) is 0 Å². The van der Waals surface area contributed by atoms with Crippen LogP contribution < -0.4 is 0 Å². The average molecular weight is 625 g/mol. The van der Waals surface area contributed by atoms with Gasteiger partial charge in [0.05, 0.1) is 11.0 Å². The molecule has 1 aliphatic rings. The Labute approximate surface area is 283 Å². The van der Waals surface area contributed by atoms with Crippen LogP contribution in [-0.2, 0) is 0 Å². The van der Waals surface area contributed by atoms with Crippen LogP contribution in [0.3, 0.4) is 0 Å². The first-order chi connectivity index (χ1) is 24.3. The lowest BCUT2D eigenvalue weighted by Gasteiger charge is -2.23. The van der Waals surface area contributed by atoms with Crippen LogP contribution >= 0.6 is 0 Å². The third kappa shape index (κ3) is 4.35. The third-order valence-electron chi connectivity index (χ3n) is 9.64. The number of hydrogen-bond acceptors (Lipinski definition) is 3. The Kier molecular flexibility index (Phi) is 6.15. The smallest absolute Gasteiger partial charge is 0.238 e. The van der Waals surface area contributed by atoms with E-state index in [2.05, 4.69) is 138 Å². The van der Waals surface area contributed by atoms with Crippen molar-refractivity contribution in [2.75, 3.05) is 0 Å². The number of nitrogens with zero attached hydrogens (tertiary/aromatic N) is 4. The number of para-hydroxylation sites is 1. The van der Waals surface area contributed by atoms with E-state index in [1.165, 1.54) is 44.5 Å². The SMILES string of the molecule is c1ccc(-c2nc(-c3ccccc3)nc(-n3c4ccccc4c4cc5c(cc43)-c3ccccc3-c3ccccc3-c3ccccc3-5)n2)cc1. The summed E-state index contributed by atoms with van der Waals surface area (Å²) in [6, 6.07) is 59.9. The summed E-state index contributed by atoms with van der Waals surface area (Å²) in [6.45, 7) is 0. The van der Waals surface area contributed by atoms with Gasteiger partial charge in [-0.05, 0) is 62.7 Å². The van der Waals surface area contributed by atoms with Crippen LogP contribution in [-0.4, -0.2) is 19.5 Å². The molecule has 2 heterocycles. The highest BCUT2D eigenvalue weighted by atomic mass is 15.2. The van der Waals surface area contributed by atoms with Gasteiger partial charge in [0, 0.05) is 21.9 Å². The lowest BCUT2D eigenvalue weighted by atomic mass is 9.80. The summed E-state index contributed by atoms with van der Waals surface area (Å²) in [4.78, 5) is 15.3. The van der Waals surface area contributed by atoms with Crippen molar-refractivity contribution >= 4 is 21.8 Å². The average Bonchev–Trinajstić information content (AvgIpc) is 3.51. The molecule has 0 N–H and O–H groups in total. The molecule has 0 amide bonds. The minimum absolute atomic E-state index is 0.587. The maximum Gasteiger partial charge on any atom is 0.238 e. The maximum absolute atomic E-state index is 5.17. The molecule has 1 aliphatic carbocycles. The fourth-order valence-electron chi connectivity index (χ4n) is 7.43. The normalized spacial score (nSPS) is 11.7. The summed E-state index contributed by atoms with van der Waals surface area (Å²) in [5.41, 5.74) is 13.7. The molecule has 49 heavy (non-hydrogen) atoms. The highest BCUT2D eigenvalue weighted by Gasteiger charge is 2.25. The van der Waals surface area contributed by atoms with Crippen LogP contribution in [0.15, 0.2) is 170 Å². The van der Waals surface area contributed by atoms with Gasteiger partial charge in [-0.1, -0.05) is 152 Å². The minimum atomic E-state index is 0.587. The number of aromatic nitrogens is 4. The van der Waals surface area contributed by atoms with E-state index in [4.69, 9.17) is 15.0 Å². The molecule has 228 valence electrons. The maximum atomic E-state index is 5.17. The van der Waals surface area contributed by atoms with Gasteiger partial charge in [-0.15, -0.1) is 0 Å². The molecule has 0 saturated heterocycles. The molecule has 0 bridgehead atoms. The Morgan fingerprint density at radius 2 is 0.714 bits per heavy atom. The van der Waals surface area contributed by atoms with Crippen molar-refractivity contribution in [1.82, 2.24) is 19.5 Å². The van der Waals surface area contributed by atoms with Crippen LogP contribution in [0.1, 0.15) is 0 Å². The second-order valence-corrected chi connectivity index (χ2v) is 12.4. The quantitative estimate of drug-likeness (QED) is 0.196. The Morgan fingerprint density at radius 3 is 1.22 bits per heavy atom. The van der Waals surface area contributed by atoms with E-state index < -0.39 is 0 Å². The van der Waals surface area contributed by atoms with Crippen LogP contribution in [0.2, 0.25) is 0 Å². The lowest BCUT2D eigenvalue weighted by Crippen LogP contribution is -2.06. The Balaban J connectivity index is 1.33. The molecule has 0 saturated carbocycles. The van der Waals surface area contributed by atoms with Crippen molar-refractivity contribution < 1.29 is 0 Å². The third-order valence-corrected chi connectivity index (χ3v) is 9.64. The van der Waals surface area contributed by atoms with Gasteiger partial charge in [0.15, 0.2) is 11.6 Å². The fraction of sp³-hybridized carbons (Fsp3) is 0. The summed E-state index contributed by atoms with van der Waals surface area (Å²) in [5, 5.41) is 2.30. The van der Waals surface area contributed by atoms with Gasteiger partial charge in [-0.2, -0.15) is 9.97 Å². The van der Waals surface area contributed by atoms with E-state index in [1.807, 2.05) is 36.4 Å². The zero-order valence-electron chi connectivity index (χ0n) is 26.5. The zero-order chi connectivity index (χ0) is 32.3. The van der Waals surface area contributed by atoms with Crippen molar-refractivity contribution in [3.63, 3.8) is 0 Å². The highest BCUT2D eigenvalue weighted by Crippen LogP contribution is 2.49. The van der Waals surface area contributed by atoms with E-state index in [9.17, 15) is 0 Å². The molecule has 0 radical (unpaired) electrons. The molecule has 0 aliphatic heterocycles. The van der Waals surface area contributed by atoms with Crippen LogP contribution in [0.4, 0.5) is 0 Å². The number of benzene rings is 7. The molecule has 9 aromatic rings. The summed E-state index contributed by atoms with van der Waals surface area (Å²) >= 11 is 0. The Bertz CT molecular complexity index is 2650. The topological polar surface area (TPSA) is 43.6 Å². The molecule has 0 atom stereocenters. The summed E-state index contributed by atoms with van der Waals surface area (Å²) in [5.74, 6) is 1.86. The minimum Gasteiger partial charge on any atom is -0.278 e. The van der Waals surface area contributed by atoms with E-state index in [1.54, 1.807) is 0 Å². The van der Waals surface area contributed by atoms with Gasteiger partial charge < -0.3 is 0 Å². The molecular weight excluding hydrogens is 597 g/mol. The molecule has 4 nitrogen and oxygen atoms in total. The second-order valence-electron chi connectivity index (χ2n) is 12.4. The van der Waals surface area contributed by atoms with E-state index in [0.29, 0.717) is 17.6 Å². The van der Waals surface area contributed by atoms with E-state index in [-0.39, 0.29) is 0 Å². The van der Waals surface area contributed by atoms with Gasteiger partial charge in [0.2, 0.25) is 5.95 Å². The molecule has 4 heteroatoms. The summed E-state index contributed by atoms with van der Waals surface area (Å²) in [6.07, 6.45) is 0. The predicted octanol–water partition coefficient (Wildman–Crippen LogP) is 11.3. The zero-order valence-corrected chi connectivity index (χ0v) is 26.5. The van der Waals surface area contributed by atoms with E-state index >= 15 is 0 Å². The van der Waals surface area contributed by atoms with Crippen molar-refractivity contribution in [3.05, 3.63) is 170 Å². The van der Waals surface area contributed by atoms with Crippen molar-refractivity contribution in [2.24, 2.45) is 0 Å². The predicted molar refractivity (Wildman–Crippen MR) is 200 cm³/mol. The second kappa shape index (κ2) is 11.0. The molecule has 10 rings (SSSR count). The first-order valence-corrected chi connectivity index (χ1v) is 16.5. The van der Waals surface area contributed by atoms with E-state index in [0.717, 1.165) is 32.9 Å². The summed E-state index contributed by atoms with van der Waals surface area (Å²) in [7, 11) is 0. The molecule has 0 spiro atoms. The molecular formula is C45H28N4. The number of rotatable bonds is 3. The number of hydrogen-bond donors (Lipinski definition) is 0. The highest BCUT2D eigenvalue weighted by molar-refractivity contribution is 6.14. The number of fused-ring (bicyclic) bond motifs is 11. The van der Waals surface area contributed by atoms with Gasteiger partial charge >= 0.3 is 0 Å². The van der Waals surface area contributed by atoms with Crippen molar-refractivity contribution in [2.45, 2.75) is 0 Å². The van der Waals surface area contributed by atoms with Gasteiger partial charge in [0.1, 0.15) is 0 Å². The van der Waals surface area contributed by atoms with Gasteiger partial charge in [0.25, 0.3) is 0 Å². The molecule has 7 aromatic carbocycles. The molecule has 0 fully saturated rings. The van der Waals surface area contributed by atoms with Crippen molar-refractivity contribution in [1.29, 1.82) is 0 Å². The molecule has 0 unspecified atom stereocenters. The standard InChI is InChI=1S/C45H28N4/c1-3-15-29(16-4-1)43-46-44(30-17-5-2-6-18-30)48-45(47-43)49-41-26-14-13-25-37(41)40-27-38-35-23-11-9-21-33(35)31-19-7-8-20-32(31)34-22-10-12-24-36(34)39(38)28-42(40)49/h1-28H. The lowest BCUT2D eigenvalue weighted by molar-refractivity contribution is 0.953. The van der Waals surface area contributed by atoms with Gasteiger partial charge in [-0.3, -0.25) is 4.57 Å². The Morgan fingerprint density at radius 1 is 0.306 bits per heavy atom. The fourth-order valence-corrected chi connectivity index (χ4v) is 7.43. The Hall–Kier alpha value is -6.65. The van der Waals surface area contributed by atoms with Crippen LogP contribution in [0, 0.1) is 0 Å². The monoisotopic (exact) mass is 624 g/mol. The largest absolute Gasteiger partial charge is 0.278 e. The van der Waals surface area contributed by atoms with Gasteiger partial charge in [-0.25, -0.2) is 4.98 Å². The first-order valence-electron chi connectivity index (χ1n) is 16.5.